The van der Waals surface area contributed by atoms with Crippen molar-refractivity contribution in [2.24, 2.45) is 0 Å². The van der Waals surface area contributed by atoms with Gasteiger partial charge < -0.3 is 10.1 Å². The molecule has 0 aliphatic carbocycles. The summed E-state index contributed by atoms with van der Waals surface area (Å²) in [6.45, 7) is 0.266. The van der Waals surface area contributed by atoms with Crippen molar-refractivity contribution in [3.05, 3.63) is 63.6 Å². The summed E-state index contributed by atoms with van der Waals surface area (Å²) in [6, 6.07) is 7.45. The predicted octanol–water partition coefficient (Wildman–Crippen LogP) is 3.49. The second-order valence-electron chi connectivity index (χ2n) is 4.85. The van der Waals surface area contributed by atoms with E-state index in [1.54, 1.807) is 12.1 Å². The fourth-order valence-electron chi connectivity index (χ4n) is 1.84. The molecule has 1 aromatic heterocycles. The Morgan fingerprint density at radius 3 is 2.71 bits per heavy atom. The van der Waals surface area contributed by atoms with Gasteiger partial charge in [0.2, 0.25) is 0 Å². The minimum atomic E-state index is -0.581. The summed E-state index contributed by atoms with van der Waals surface area (Å²) in [6.07, 6.45) is 1.90. The third-order valence-electron chi connectivity index (χ3n) is 3.01. The van der Waals surface area contributed by atoms with Crippen molar-refractivity contribution >= 4 is 34.9 Å². The number of ether oxygens (including phenoxy) is 1. The van der Waals surface area contributed by atoms with Crippen LogP contribution >= 0.6 is 23.2 Å². The number of pyridine rings is 1. The fraction of sp³-hybridized carbons (Fsp3) is 0.188. The van der Waals surface area contributed by atoms with Crippen molar-refractivity contribution in [3.63, 3.8) is 0 Å². The molecule has 0 aliphatic rings. The second-order valence-corrected chi connectivity index (χ2v) is 5.65. The Labute approximate surface area is 148 Å². The van der Waals surface area contributed by atoms with E-state index in [1.807, 2.05) is 0 Å². The Hall–Kier alpha value is -2.02. The molecule has 8 heteroatoms. The number of nitrogens with zero attached hydrogens (tertiary/aromatic N) is 1. The number of hydrogen-bond acceptors (Lipinski definition) is 4. The molecule has 0 fully saturated rings. The first-order valence-electron chi connectivity index (χ1n) is 6.97. The van der Waals surface area contributed by atoms with Gasteiger partial charge >= 0.3 is 0 Å². The highest BCUT2D eigenvalue weighted by Gasteiger charge is 2.13. The molecule has 0 atom stereocenters. The molecule has 2 aromatic rings. The highest BCUT2D eigenvalue weighted by atomic mass is 35.5. The average molecular weight is 370 g/mol. The van der Waals surface area contributed by atoms with Crippen LogP contribution in [0.25, 0.3) is 0 Å². The van der Waals surface area contributed by atoms with E-state index in [9.17, 15) is 9.18 Å². The van der Waals surface area contributed by atoms with Gasteiger partial charge in [0.15, 0.2) is 0 Å². The number of hydrogen-bond donors (Lipinski definition) is 2. The number of amides is 1. The van der Waals surface area contributed by atoms with E-state index in [0.717, 1.165) is 5.56 Å². The molecule has 5 nitrogen and oxygen atoms in total. The molecular formula is C16H14Cl2FN3O2. The monoisotopic (exact) mass is 369 g/mol. The van der Waals surface area contributed by atoms with Gasteiger partial charge in [-0.3, -0.25) is 10.2 Å². The number of amidine groups is 1. The highest BCUT2D eigenvalue weighted by molar-refractivity contribution is 6.35. The van der Waals surface area contributed by atoms with Gasteiger partial charge in [-0.25, -0.2) is 9.37 Å². The van der Waals surface area contributed by atoms with Crippen LogP contribution in [0.4, 0.5) is 4.39 Å². The van der Waals surface area contributed by atoms with E-state index in [0.29, 0.717) is 13.0 Å². The van der Waals surface area contributed by atoms with Crippen molar-refractivity contribution in [3.8, 4) is 0 Å². The molecule has 1 heterocycles. The number of carbonyl (C=O) groups excluding carboxylic acids is 1. The van der Waals surface area contributed by atoms with Gasteiger partial charge in [0, 0.05) is 6.20 Å². The lowest BCUT2D eigenvalue weighted by molar-refractivity contribution is 0.0970. The Kier molecular flexibility index (Phi) is 6.66. The maximum atomic E-state index is 12.8. The fourth-order valence-corrected chi connectivity index (χ4v) is 2.18. The first-order chi connectivity index (χ1) is 11.5. The molecule has 0 saturated carbocycles. The summed E-state index contributed by atoms with van der Waals surface area (Å²) < 4.78 is 18.1. The molecule has 24 heavy (non-hydrogen) atoms. The molecule has 2 N–H and O–H groups in total. The van der Waals surface area contributed by atoms with Crippen LogP contribution in [0.3, 0.4) is 0 Å². The SMILES string of the molecule is N=C(COCCc1ccc(F)cc1)NC(=O)c1cc(Cl)cnc1Cl. The van der Waals surface area contributed by atoms with Crippen LogP contribution in [-0.2, 0) is 11.2 Å². The van der Waals surface area contributed by atoms with E-state index in [4.69, 9.17) is 33.3 Å². The average Bonchev–Trinajstić information content (AvgIpc) is 2.55. The molecular weight excluding hydrogens is 356 g/mol. The summed E-state index contributed by atoms with van der Waals surface area (Å²) >= 11 is 11.6. The number of nitrogens with one attached hydrogen (secondary N) is 2. The van der Waals surface area contributed by atoms with Crippen LogP contribution in [0, 0.1) is 11.2 Å². The van der Waals surface area contributed by atoms with Crippen LogP contribution in [0.2, 0.25) is 10.2 Å². The Morgan fingerprint density at radius 2 is 2.00 bits per heavy atom. The van der Waals surface area contributed by atoms with Crippen molar-refractivity contribution in [1.29, 1.82) is 5.41 Å². The number of benzene rings is 1. The predicted molar refractivity (Wildman–Crippen MR) is 90.4 cm³/mol. The van der Waals surface area contributed by atoms with Gasteiger partial charge in [0.1, 0.15) is 23.4 Å². The van der Waals surface area contributed by atoms with E-state index < -0.39 is 5.91 Å². The van der Waals surface area contributed by atoms with E-state index in [1.165, 1.54) is 24.4 Å². The Balaban J connectivity index is 1.75. The zero-order chi connectivity index (χ0) is 17.5. The molecule has 0 radical (unpaired) electrons. The van der Waals surface area contributed by atoms with Crippen LogP contribution in [-0.4, -0.2) is 29.9 Å². The van der Waals surface area contributed by atoms with Gasteiger partial charge in [0.25, 0.3) is 5.91 Å². The lowest BCUT2D eigenvalue weighted by Crippen LogP contribution is -2.33. The molecule has 2 rings (SSSR count). The highest BCUT2D eigenvalue weighted by Crippen LogP contribution is 2.17. The summed E-state index contributed by atoms with van der Waals surface area (Å²) in [7, 11) is 0. The largest absolute Gasteiger partial charge is 0.373 e. The van der Waals surface area contributed by atoms with E-state index in [-0.39, 0.29) is 34.0 Å². The van der Waals surface area contributed by atoms with Crippen molar-refractivity contribution in [2.45, 2.75) is 6.42 Å². The Bertz CT molecular complexity index is 739. The molecule has 0 saturated heterocycles. The second kappa shape index (κ2) is 8.73. The van der Waals surface area contributed by atoms with E-state index in [2.05, 4.69) is 10.3 Å². The van der Waals surface area contributed by atoms with Crippen molar-refractivity contribution in [2.75, 3.05) is 13.2 Å². The number of carbonyl (C=O) groups is 1. The van der Waals surface area contributed by atoms with Gasteiger partial charge in [-0.15, -0.1) is 0 Å². The molecule has 0 unspecified atom stereocenters. The standard InChI is InChI=1S/C16H14Cl2FN3O2/c17-11-7-13(15(18)21-8-11)16(23)22-14(20)9-24-6-5-10-1-3-12(19)4-2-10/h1-4,7-8H,5-6,9H2,(H2,20,22,23). The lowest BCUT2D eigenvalue weighted by Gasteiger charge is -2.09. The van der Waals surface area contributed by atoms with Crippen LogP contribution in [0.15, 0.2) is 36.5 Å². The van der Waals surface area contributed by atoms with E-state index >= 15 is 0 Å². The lowest BCUT2D eigenvalue weighted by atomic mass is 10.2. The topological polar surface area (TPSA) is 75.1 Å². The van der Waals surface area contributed by atoms with Gasteiger partial charge in [-0.1, -0.05) is 35.3 Å². The molecule has 0 aliphatic heterocycles. The first-order valence-corrected chi connectivity index (χ1v) is 7.73. The minimum absolute atomic E-state index is 0.00179. The zero-order valence-electron chi connectivity index (χ0n) is 12.5. The normalized spacial score (nSPS) is 10.5. The van der Waals surface area contributed by atoms with Crippen molar-refractivity contribution in [1.82, 2.24) is 10.3 Å². The van der Waals surface area contributed by atoms with Crippen LogP contribution < -0.4 is 5.32 Å². The zero-order valence-corrected chi connectivity index (χ0v) is 14.0. The van der Waals surface area contributed by atoms with Gasteiger partial charge in [0.05, 0.1) is 17.2 Å². The summed E-state index contributed by atoms with van der Waals surface area (Å²) in [5.41, 5.74) is 1.00. The van der Waals surface area contributed by atoms with Gasteiger partial charge in [-0.05, 0) is 30.2 Å². The number of aromatic nitrogens is 1. The third-order valence-corrected chi connectivity index (χ3v) is 3.52. The molecule has 1 aromatic carbocycles. The summed E-state index contributed by atoms with van der Waals surface area (Å²) in [4.78, 5) is 15.8. The van der Waals surface area contributed by atoms with Gasteiger partial charge in [-0.2, -0.15) is 0 Å². The molecule has 1 amide bonds. The quantitative estimate of drug-likeness (QED) is 0.354. The summed E-state index contributed by atoms with van der Waals surface area (Å²) in [5.74, 6) is -0.990. The first kappa shape index (κ1) is 18.3. The summed E-state index contributed by atoms with van der Waals surface area (Å²) in [5, 5.41) is 10.3. The van der Waals surface area contributed by atoms with Crippen LogP contribution in [0.1, 0.15) is 15.9 Å². The minimum Gasteiger partial charge on any atom is -0.373 e. The van der Waals surface area contributed by atoms with Crippen LogP contribution in [0.5, 0.6) is 0 Å². The van der Waals surface area contributed by atoms with Crippen molar-refractivity contribution < 1.29 is 13.9 Å². The maximum Gasteiger partial charge on any atom is 0.259 e. The smallest absolute Gasteiger partial charge is 0.259 e. The number of halogens is 3. The molecule has 0 bridgehead atoms. The molecule has 0 spiro atoms. The molecule has 126 valence electrons. The third kappa shape index (κ3) is 5.56. The number of rotatable bonds is 6. The Morgan fingerprint density at radius 1 is 1.29 bits per heavy atom. The maximum absolute atomic E-state index is 12.8.